The molecule has 3 N–H and O–H groups in total. The molecule has 2 aromatic rings. The molecule has 2 rings (SSSR count). The fraction of sp³-hybridized carbons (Fsp3) is 0.125. The fourth-order valence-electron chi connectivity index (χ4n) is 1.73. The summed E-state index contributed by atoms with van der Waals surface area (Å²) in [7, 11) is 0. The molecule has 0 saturated heterocycles. The lowest BCUT2D eigenvalue weighted by molar-refractivity contribution is -0.123. The number of esters is 1. The van der Waals surface area contributed by atoms with Crippen LogP contribution >= 0.6 is 11.6 Å². The number of nitrogens with one attached hydrogen (secondary N) is 1. The van der Waals surface area contributed by atoms with Crippen molar-refractivity contribution >= 4 is 34.9 Å². The van der Waals surface area contributed by atoms with Crippen molar-refractivity contribution in [2.24, 2.45) is 0 Å². The van der Waals surface area contributed by atoms with Crippen LogP contribution in [0.3, 0.4) is 0 Å². The lowest BCUT2D eigenvalue weighted by atomic mass is 10.2. The van der Waals surface area contributed by atoms with Crippen LogP contribution in [0.2, 0.25) is 5.02 Å². The third kappa shape index (κ3) is 4.43. The maximum Gasteiger partial charge on any atom is 0.338 e. The van der Waals surface area contributed by atoms with Crippen molar-refractivity contribution < 1.29 is 18.7 Å². The predicted molar refractivity (Wildman–Crippen MR) is 85.8 cm³/mol. The molecular formula is C16H14ClFN2O3. The molecule has 5 nitrogen and oxygen atoms in total. The van der Waals surface area contributed by atoms with Gasteiger partial charge in [0.2, 0.25) is 0 Å². The fourth-order valence-corrected chi connectivity index (χ4v) is 1.85. The third-order valence-corrected chi connectivity index (χ3v) is 3.34. The number of hydrogen-bond donors (Lipinski definition) is 2. The second-order valence-corrected chi connectivity index (χ2v) is 5.19. The van der Waals surface area contributed by atoms with E-state index in [2.05, 4.69) is 5.32 Å². The molecule has 120 valence electrons. The van der Waals surface area contributed by atoms with Crippen LogP contribution in [-0.2, 0) is 9.53 Å². The zero-order valence-electron chi connectivity index (χ0n) is 12.2. The van der Waals surface area contributed by atoms with Crippen LogP contribution < -0.4 is 11.1 Å². The molecule has 0 aliphatic carbocycles. The van der Waals surface area contributed by atoms with Crippen LogP contribution in [0, 0.1) is 5.82 Å². The van der Waals surface area contributed by atoms with E-state index in [4.69, 9.17) is 22.1 Å². The van der Waals surface area contributed by atoms with Crippen LogP contribution in [0.4, 0.5) is 15.8 Å². The number of rotatable bonds is 4. The average molecular weight is 337 g/mol. The predicted octanol–water partition coefficient (Wildman–Crippen LogP) is 3.25. The highest BCUT2D eigenvalue weighted by atomic mass is 35.5. The zero-order chi connectivity index (χ0) is 17.0. The number of anilines is 2. The summed E-state index contributed by atoms with van der Waals surface area (Å²) in [6.45, 7) is 1.43. The van der Waals surface area contributed by atoms with Gasteiger partial charge < -0.3 is 15.8 Å². The lowest BCUT2D eigenvalue weighted by Crippen LogP contribution is -2.30. The molecule has 0 aromatic heterocycles. The number of carbonyl (C=O) groups excluding carboxylic acids is 2. The summed E-state index contributed by atoms with van der Waals surface area (Å²) in [5, 5.41) is 2.84. The van der Waals surface area contributed by atoms with E-state index in [-0.39, 0.29) is 11.3 Å². The molecule has 0 aliphatic rings. The number of amides is 1. The monoisotopic (exact) mass is 336 g/mol. The summed E-state index contributed by atoms with van der Waals surface area (Å²) >= 11 is 5.77. The van der Waals surface area contributed by atoms with Gasteiger partial charge in [0.25, 0.3) is 5.91 Å². The quantitative estimate of drug-likeness (QED) is 0.663. The molecule has 23 heavy (non-hydrogen) atoms. The molecule has 1 atom stereocenters. The van der Waals surface area contributed by atoms with Crippen LogP contribution in [0.1, 0.15) is 17.3 Å². The number of nitrogens with two attached hydrogens (primary N) is 1. The molecule has 0 fully saturated rings. The lowest BCUT2D eigenvalue weighted by Gasteiger charge is -2.14. The standard InChI is InChI=1S/C16H14ClFN2O3/c1-9(15(21)20-12-5-3-11(18)4-6-12)23-16(22)10-2-7-13(17)14(19)8-10/h2-9H,19H2,1H3,(H,20,21)/t9-/m1/s1. The summed E-state index contributed by atoms with van der Waals surface area (Å²) < 4.78 is 17.9. The van der Waals surface area contributed by atoms with Crippen molar-refractivity contribution in [3.05, 3.63) is 58.9 Å². The number of halogens is 2. The minimum atomic E-state index is -1.04. The van der Waals surface area contributed by atoms with Gasteiger partial charge in [0.1, 0.15) is 5.82 Å². The molecular weight excluding hydrogens is 323 g/mol. The summed E-state index contributed by atoms with van der Waals surface area (Å²) in [4.78, 5) is 23.9. The Kier molecular flexibility index (Phi) is 5.18. The number of carbonyl (C=O) groups is 2. The Morgan fingerprint density at radius 1 is 1.22 bits per heavy atom. The molecule has 0 heterocycles. The van der Waals surface area contributed by atoms with Gasteiger partial charge in [0.05, 0.1) is 16.3 Å². The Hall–Kier alpha value is -2.60. The van der Waals surface area contributed by atoms with Crippen molar-refractivity contribution in [2.75, 3.05) is 11.1 Å². The van der Waals surface area contributed by atoms with Gasteiger partial charge in [0.15, 0.2) is 6.10 Å². The van der Waals surface area contributed by atoms with Crippen molar-refractivity contribution in [2.45, 2.75) is 13.0 Å². The van der Waals surface area contributed by atoms with E-state index >= 15 is 0 Å². The van der Waals surface area contributed by atoms with Gasteiger partial charge in [-0.05, 0) is 49.4 Å². The molecule has 0 spiro atoms. The Bertz CT molecular complexity index is 735. The second kappa shape index (κ2) is 7.11. The van der Waals surface area contributed by atoms with Crippen molar-refractivity contribution in [3.8, 4) is 0 Å². The van der Waals surface area contributed by atoms with E-state index in [0.717, 1.165) is 0 Å². The van der Waals surface area contributed by atoms with Gasteiger partial charge in [-0.25, -0.2) is 9.18 Å². The van der Waals surface area contributed by atoms with E-state index in [1.54, 1.807) is 0 Å². The first-order chi connectivity index (χ1) is 10.9. The SMILES string of the molecule is C[C@@H](OC(=O)c1ccc(Cl)c(N)c1)C(=O)Nc1ccc(F)cc1. The van der Waals surface area contributed by atoms with Crippen LogP contribution in [0.25, 0.3) is 0 Å². The molecule has 7 heteroatoms. The van der Waals surface area contributed by atoms with Gasteiger partial charge in [-0.1, -0.05) is 11.6 Å². The van der Waals surface area contributed by atoms with Gasteiger partial charge in [-0.2, -0.15) is 0 Å². The molecule has 0 unspecified atom stereocenters. The van der Waals surface area contributed by atoms with E-state index in [0.29, 0.717) is 10.7 Å². The molecule has 0 bridgehead atoms. The van der Waals surface area contributed by atoms with Gasteiger partial charge in [-0.15, -0.1) is 0 Å². The molecule has 0 aliphatic heterocycles. The van der Waals surface area contributed by atoms with E-state index in [1.807, 2.05) is 0 Å². The van der Waals surface area contributed by atoms with E-state index < -0.39 is 23.8 Å². The number of benzene rings is 2. The summed E-state index contributed by atoms with van der Waals surface area (Å²) in [6.07, 6.45) is -1.04. The van der Waals surface area contributed by atoms with E-state index in [1.165, 1.54) is 49.4 Å². The first-order valence-corrected chi connectivity index (χ1v) is 7.07. The summed E-state index contributed by atoms with van der Waals surface area (Å²) in [6, 6.07) is 9.52. The van der Waals surface area contributed by atoms with Gasteiger partial charge in [0, 0.05) is 5.69 Å². The highest BCUT2D eigenvalue weighted by Crippen LogP contribution is 2.20. The zero-order valence-corrected chi connectivity index (χ0v) is 12.9. The largest absolute Gasteiger partial charge is 0.449 e. The number of nitrogen functional groups attached to an aromatic ring is 1. The van der Waals surface area contributed by atoms with Crippen LogP contribution in [0.15, 0.2) is 42.5 Å². The minimum absolute atomic E-state index is 0.188. The molecule has 1 amide bonds. The smallest absolute Gasteiger partial charge is 0.338 e. The second-order valence-electron chi connectivity index (χ2n) is 4.78. The maximum atomic E-state index is 12.8. The van der Waals surface area contributed by atoms with Crippen molar-refractivity contribution in [3.63, 3.8) is 0 Å². The number of hydrogen-bond acceptors (Lipinski definition) is 4. The first kappa shape index (κ1) is 16.8. The third-order valence-electron chi connectivity index (χ3n) is 3.00. The highest BCUT2D eigenvalue weighted by molar-refractivity contribution is 6.33. The Labute approximate surface area is 137 Å². The van der Waals surface area contributed by atoms with Gasteiger partial charge in [-0.3, -0.25) is 4.79 Å². The molecule has 0 radical (unpaired) electrons. The van der Waals surface area contributed by atoms with Crippen LogP contribution in [-0.4, -0.2) is 18.0 Å². The van der Waals surface area contributed by atoms with Crippen molar-refractivity contribution in [1.82, 2.24) is 0 Å². The average Bonchev–Trinajstić information content (AvgIpc) is 2.52. The minimum Gasteiger partial charge on any atom is -0.449 e. The Balaban J connectivity index is 1.98. The normalized spacial score (nSPS) is 11.6. The first-order valence-electron chi connectivity index (χ1n) is 6.69. The van der Waals surface area contributed by atoms with Gasteiger partial charge >= 0.3 is 5.97 Å². The maximum absolute atomic E-state index is 12.8. The summed E-state index contributed by atoms with van der Waals surface area (Å²) in [5.41, 5.74) is 6.44. The Morgan fingerprint density at radius 3 is 2.48 bits per heavy atom. The van der Waals surface area contributed by atoms with Crippen LogP contribution in [0.5, 0.6) is 0 Å². The number of ether oxygens (including phenoxy) is 1. The Morgan fingerprint density at radius 2 is 1.87 bits per heavy atom. The molecule has 0 saturated carbocycles. The molecule has 2 aromatic carbocycles. The topological polar surface area (TPSA) is 81.4 Å². The van der Waals surface area contributed by atoms with Crippen molar-refractivity contribution in [1.29, 1.82) is 0 Å². The van der Waals surface area contributed by atoms with E-state index in [9.17, 15) is 14.0 Å². The highest BCUT2D eigenvalue weighted by Gasteiger charge is 2.19. The summed E-state index contributed by atoms with van der Waals surface area (Å²) in [5.74, 6) is -1.65.